The maximum absolute atomic E-state index is 12.8. The molecule has 9 heteroatoms. The molecule has 6 N–H and O–H groups in total. The van der Waals surface area contributed by atoms with E-state index in [1.165, 1.54) is 96.3 Å². The Kier molecular flexibility index (Phi) is 27.5. The van der Waals surface area contributed by atoms with E-state index in [2.05, 4.69) is 31.3 Å². The third-order valence-corrected chi connectivity index (χ3v) is 9.03. The Balaban J connectivity index is 2.48. The normalized spacial score (nSPS) is 23.1. The number of ether oxygens (including phenoxy) is 2. The molecule has 1 aliphatic rings. The van der Waals surface area contributed by atoms with Crippen LogP contribution in [0.1, 0.15) is 155 Å². The number of carbonyl (C=O) groups excluding carboxylic acids is 1. The summed E-state index contributed by atoms with van der Waals surface area (Å²) in [4.78, 5) is 12.8. The van der Waals surface area contributed by atoms with Crippen LogP contribution in [0, 0.1) is 0 Å². The molecule has 0 aromatic rings. The largest absolute Gasteiger partial charge is 0.394 e. The molecule has 1 heterocycles. The zero-order valence-corrected chi connectivity index (χ0v) is 29.8. The van der Waals surface area contributed by atoms with Crippen molar-refractivity contribution >= 4 is 5.91 Å². The van der Waals surface area contributed by atoms with Crippen molar-refractivity contribution in [2.75, 3.05) is 13.2 Å². The number of nitrogens with one attached hydrogen (secondary N) is 1. The first-order valence-electron chi connectivity index (χ1n) is 19.1. The standard InChI is InChI=1S/C38H71NO8/c1-3-5-7-9-11-13-15-16-18-20-22-24-26-28-34(42)39-31(30-46-38-37(45)36(44)35(43)33(29-40)47-38)32(41)27-25-23-21-19-17-14-12-10-8-6-4-2/h17,19,25,27,31-33,35-38,40-41,43-45H,3-16,18,20-24,26,28-30H2,1-2H3,(H,39,42)/b19-17+,27-25+/t31-,32+,33-,35-,36?,37?,38-/m0/s1. The van der Waals surface area contributed by atoms with Gasteiger partial charge < -0.3 is 40.3 Å². The predicted molar refractivity (Wildman–Crippen MR) is 189 cm³/mol. The van der Waals surface area contributed by atoms with E-state index in [1.807, 2.05) is 6.08 Å². The van der Waals surface area contributed by atoms with Crippen LogP contribution in [-0.2, 0) is 14.3 Å². The van der Waals surface area contributed by atoms with E-state index in [4.69, 9.17) is 9.47 Å². The monoisotopic (exact) mass is 670 g/mol. The first-order valence-corrected chi connectivity index (χ1v) is 19.1. The molecule has 0 spiro atoms. The number of hydrogen-bond donors (Lipinski definition) is 6. The Morgan fingerprint density at radius 1 is 0.702 bits per heavy atom. The van der Waals surface area contributed by atoms with Gasteiger partial charge in [-0.05, 0) is 32.1 Å². The molecule has 276 valence electrons. The highest BCUT2D eigenvalue weighted by molar-refractivity contribution is 5.76. The zero-order chi connectivity index (χ0) is 34.5. The fourth-order valence-electron chi connectivity index (χ4n) is 5.88. The van der Waals surface area contributed by atoms with Gasteiger partial charge in [-0.2, -0.15) is 0 Å². The molecule has 47 heavy (non-hydrogen) atoms. The SMILES string of the molecule is CCCCCCC/C=C/CC/C=C/[C@@H](O)[C@H](CO[C@H]1O[C@@H](CO)[C@H](O)C(O)C1O)NC(=O)CCCCCCCCCCCCCCC. The number of unbranched alkanes of at least 4 members (excludes halogenated alkanes) is 18. The average Bonchev–Trinajstić information content (AvgIpc) is 3.07. The van der Waals surface area contributed by atoms with Crippen LogP contribution in [0.15, 0.2) is 24.3 Å². The van der Waals surface area contributed by atoms with Gasteiger partial charge in [0.25, 0.3) is 0 Å². The molecule has 7 atom stereocenters. The highest BCUT2D eigenvalue weighted by Gasteiger charge is 2.44. The van der Waals surface area contributed by atoms with E-state index in [0.29, 0.717) is 6.42 Å². The van der Waals surface area contributed by atoms with Crippen molar-refractivity contribution in [3.05, 3.63) is 24.3 Å². The second-order valence-electron chi connectivity index (χ2n) is 13.4. The number of aliphatic hydroxyl groups is 5. The second-order valence-corrected chi connectivity index (χ2v) is 13.4. The first-order chi connectivity index (χ1) is 22.8. The molecular formula is C38H71NO8. The quantitative estimate of drug-likeness (QED) is 0.0381. The minimum absolute atomic E-state index is 0.190. The Hall–Kier alpha value is -1.33. The average molecular weight is 670 g/mol. The van der Waals surface area contributed by atoms with Gasteiger partial charge in [0, 0.05) is 6.42 Å². The second kappa shape index (κ2) is 29.6. The Labute approximate surface area is 286 Å². The molecule has 2 unspecified atom stereocenters. The van der Waals surface area contributed by atoms with Crippen LogP contribution >= 0.6 is 0 Å². The van der Waals surface area contributed by atoms with Crippen molar-refractivity contribution in [1.82, 2.24) is 5.32 Å². The van der Waals surface area contributed by atoms with Gasteiger partial charge in [-0.15, -0.1) is 0 Å². The van der Waals surface area contributed by atoms with E-state index >= 15 is 0 Å². The fourth-order valence-corrected chi connectivity index (χ4v) is 5.88. The lowest BCUT2D eigenvalue weighted by atomic mass is 9.99. The van der Waals surface area contributed by atoms with Crippen molar-refractivity contribution in [2.45, 2.75) is 198 Å². The summed E-state index contributed by atoms with van der Waals surface area (Å²) in [6.07, 6.45) is 25.1. The van der Waals surface area contributed by atoms with Crippen LogP contribution in [0.25, 0.3) is 0 Å². The van der Waals surface area contributed by atoms with Gasteiger partial charge >= 0.3 is 0 Å². The highest BCUT2D eigenvalue weighted by Crippen LogP contribution is 2.22. The molecule has 1 amide bonds. The van der Waals surface area contributed by atoms with E-state index in [0.717, 1.165) is 38.5 Å². The van der Waals surface area contributed by atoms with E-state index < -0.39 is 49.5 Å². The highest BCUT2D eigenvalue weighted by atomic mass is 16.7. The van der Waals surface area contributed by atoms with Crippen LogP contribution in [0.3, 0.4) is 0 Å². The maximum Gasteiger partial charge on any atom is 0.220 e. The summed E-state index contributed by atoms with van der Waals surface area (Å²) in [5.74, 6) is -0.190. The molecule has 1 rings (SSSR count). The van der Waals surface area contributed by atoms with Gasteiger partial charge in [0.1, 0.15) is 24.4 Å². The van der Waals surface area contributed by atoms with E-state index in [1.54, 1.807) is 6.08 Å². The number of allylic oxidation sites excluding steroid dienone is 3. The van der Waals surface area contributed by atoms with Crippen LogP contribution in [0.2, 0.25) is 0 Å². The summed E-state index contributed by atoms with van der Waals surface area (Å²) in [7, 11) is 0. The molecule has 0 aliphatic carbocycles. The first kappa shape index (κ1) is 43.7. The smallest absolute Gasteiger partial charge is 0.220 e. The van der Waals surface area contributed by atoms with Crippen LogP contribution in [0.4, 0.5) is 0 Å². The van der Waals surface area contributed by atoms with Crippen molar-refractivity contribution in [3.63, 3.8) is 0 Å². The van der Waals surface area contributed by atoms with Crippen LogP contribution in [0.5, 0.6) is 0 Å². The lowest BCUT2D eigenvalue weighted by molar-refractivity contribution is -0.302. The predicted octanol–water partition coefficient (Wildman–Crippen LogP) is 6.38. The van der Waals surface area contributed by atoms with Crippen molar-refractivity contribution in [3.8, 4) is 0 Å². The molecule has 0 aromatic heterocycles. The van der Waals surface area contributed by atoms with Gasteiger partial charge in [-0.3, -0.25) is 4.79 Å². The molecule has 1 aliphatic heterocycles. The Morgan fingerprint density at radius 3 is 1.79 bits per heavy atom. The molecule has 0 aromatic carbocycles. The number of carbonyl (C=O) groups is 1. The Bertz CT molecular complexity index is 792. The molecule has 1 fully saturated rings. The third-order valence-electron chi connectivity index (χ3n) is 9.03. The summed E-state index contributed by atoms with van der Waals surface area (Å²) < 4.78 is 11.1. The third kappa shape index (κ3) is 21.4. The maximum atomic E-state index is 12.8. The van der Waals surface area contributed by atoms with E-state index in [-0.39, 0.29) is 12.5 Å². The minimum atomic E-state index is -1.57. The summed E-state index contributed by atoms with van der Waals surface area (Å²) >= 11 is 0. The lowest BCUT2D eigenvalue weighted by Gasteiger charge is -2.40. The minimum Gasteiger partial charge on any atom is -0.394 e. The van der Waals surface area contributed by atoms with Gasteiger partial charge in [-0.1, -0.05) is 141 Å². The molecule has 0 saturated carbocycles. The van der Waals surface area contributed by atoms with Crippen LogP contribution in [-0.4, -0.2) is 87.5 Å². The van der Waals surface area contributed by atoms with Gasteiger partial charge in [0.2, 0.25) is 5.91 Å². The summed E-state index contributed by atoms with van der Waals surface area (Å²) in [5.41, 5.74) is 0. The lowest BCUT2D eigenvalue weighted by Crippen LogP contribution is -2.60. The number of amides is 1. The summed E-state index contributed by atoms with van der Waals surface area (Å²) in [6.45, 7) is 3.70. The van der Waals surface area contributed by atoms with Crippen molar-refractivity contribution in [2.24, 2.45) is 0 Å². The van der Waals surface area contributed by atoms with Crippen LogP contribution < -0.4 is 5.32 Å². The molecular weight excluding hydrogens is 598 g/mol. The van der Waals surface area contributed by atoms with E-state index in [9.17, 15) is 30.3 Å². The van der Waals surface area contributed by atoms with Gasteiger partial charge in [0.05, 0.1) is 25.4 Å². The van der Waals surface area contributed by atoms with Crippen molar-refractivity contribution < 1.29 is 39.8 Å². The number of hydrogen-bond acceptors (Lipinski definition) is 8. The van der Waals surface area contributed by atoms with Crippen molar-refractivity contribution in [1.29, 1.82) is 0 Å². The van der Waals surface area contributed by atoms with Gasteiger partial charge in [0.15, 0.2) is 6.29 Å². The Morgan fingerprint density at radius 2 is 1.21 bits per heavy atom. The number of rotatable bonds is 30. The number of aliphatic hydroxyl groups excluding tert-OH is 5. The topological polar surface area (TPSA) is 149 Å². The molecule has 0 radical (unpaired) electrons. The fraction of sp³-hybridized carbons (Fsp3) is 0.868. The molecule has 1 saturated heterocycles. The summed E-state index contributed by atoms with van der Waals surface area (Å²) in [6, 6.07) is -0.813. The van der Waals surface area contributed by atoms with Gasteiger partial charge in [-0.25, -0.2) is 0 Å². The zero-order valence-electron chi connectivity index (χ0n) is 29.8. The molecule has 0 bridgehead atoms. The summed E-state index contributed by atoms with van der Waals surface area (Å²) in [5, 5.41) is 53.8. The molecule has 9 nitrogen and oxygen atoms in total.